The zero-order valence-corrected chi connectivity index (χ0v) is 21.9. The van der Waals surface area contributed by atoms with Gasteiger partial charge in [0, 0.05) is 10.2 Å². The summed E-state index contributed by atoms with van der Waals surface area (Å²) in [6.45, 7) is 1.49. The molecule has 2 fully saturated rings. The van der Waals surface area contributed by atoms with E-state index in [1.807, 2.05) is 19.1 Å². The van der Waals surface area contributed by atoms with Crippen molar-refractivity contribution in [3.63, 3.8) is 0 Å². The summed E-state index contributed by atoms with van der Waals surface area (Å²) in [4.78, 5) is 52.0. The van der Waals surface area contributed by atoms with Crippen LogP contribution in [0.4, 0.5) is 11.4 Å². The second-order valence-corrected chi connectivity index (χ2v) is 10.6. The number of hydrogen-bond donors (Lipinski definition) is 1. The normalized spacial score (nSPS) is 23.7. The van der Waals surface area contributed by atoms with Crippen molar-refractivity contribution in [2.24, 2.45) is 11.8 Å². The van der Waals surface area contributed by atoms with Gasteiger partial charge in [0.05, 0.1) is 33.8 Å². The van der Waals surface area contributed by atoms with Gasteiger partial charge in [-0.2, -0.15) is 0 Å². The molecular formula is C25H23BrCl2N2O5. The molecule has 4 rings (SSSR count). The van der Waals surface area contributed by atoms with E-state index in [9.17, 15) is 19.2 Å². The minimum absolute atomic E-state index is 0.120. The molecule has 0 radical (unpaired) electrons. The third kappa shape index (κ3) is 5.39. The molecule has 2 aromatic rings. The van der Waals surface area contributed by atoms with Gasteiger partial charge in [-0.1, -0.05) is 28.9 Å². The Morgan fingerprint density at radius 3 is 2.34 bits per heavy atom. The van der Waals surface area contributed by atoms with Gasteiger partial charge in [0.25, 0.3) is 5.91 Å². The van der Waals surface area contributed by atoms with E-state index in [-0.39, 0.29) is 33.8 Å². The summed E-state index contributed by atoms with van der Waals surface area (Å²) in [5, 5.41) is 1.98. The summed E-state index contributed by atoms with van der Waals surface area (Å²) in [6.07, 6.45) is 1.38. The molecular weight excluding hydrogens is 559 g/mol. The van der Waals surface area contributed by atoms with Gasteiger partial charge in [0.2, 0.25) is 11.8 Å². The van der Waals surface area contributed by atoms with Crippen LogP contribution in [0.3, 0.4) is 0 Å². The van der Waals surface area contributed by atoms with Crippen LogP contribution in [0.15, 0.2) is 46.9 Å². The fourth-order valence-corrected chi connectivity index (χ4v) is 5.50. The third-order valence-electron chi connectivity index (χ3n) is 6.31. The summed E-state index contributed by atoms with van der Waals surface area (Å²) >= 11 is 15.9. The minimum Gasteiger partial charge on any atom is -0.452 e. The number of hydrogen-bond acceptors (Lipinski definition) is 5. The molecule has 1 saturated carbocycles. The first-order valence-corrected chi connectivity index (χ1v) is 12.9. The Bertz CT molecular complexity index is 1160. The smallest absolute Gasteiger partial charge is 0.338 e. The number of nitrogens with zero attached hydrogens (tertiary/aromatic N) is 1. The molecule has 1 saturated heterocycles. The minimum atomic E-state index is -0.744. The highest BCUT2D eigenvalue weighted by molar-refractivity contribution is 9.10. The van der Waals surface area contributed by atoms with Gasteiger partial charge >= 0.3 is 5.97 Å². The van der Waals surface area contributed by atoms with E-state index in [1.165, 1.54) is 12.1 Å². The number of alkyl halides is 2. The van der Waals surface area contributed by atoms with Crippen molar-refractivity contribution in [3.8, 4) is 0 Å². The molecule has 35 heavy (non-hydrogen) atoms. The highest BCUT2D eigenvalue weighted by Crippen LogP contribution is 2.43. The van der Waals surface area contributed by atoms with E-state index in [0.717, 1.165) is 14.9 Å². The summed E-state index contributed by atoms with van der Waals surface area (Å²) in [5.74, 6) is -2.96. The molecule has 3 amide bonds. The average molecular weight is 582 g/mol. The number of amides is 3. The van der Waals surface area contributed by atoms with Crippen LogP contribution >= 0.6 is 39.1 Å². The van der Waals surface area contributed by atoms with Crippen molar-refractivity contribution < 1.29 is 23.9 Å². The molecule has 1 heterocycles. The number of nitrogens with one attached hydrogen (secondary N) is 1. The van der Waals surface area contributed by atoms with Gasteiger partial charge in [-0.25, -0.2) is 4.79 Å². The largest absolute Gasteiger partial charge is 0.452 e. The monoisotopic (exact) mass is 580 g/mol. The average Bonchev–Trinajstić information content (AvgIpc) is 3.08. The fourth-order valence-electron chi connectivity index (χ4n) is 4.50. The van der Waals surface area contributed by atoms with Crippen molar-refractivity contribution >= 4 is 74.2 Å². The van der Waals surface area contributed by atoms with Crippen molar-refractivity contribution in [2.45, 2.75) is 36.9 Å². The SMILES string of the molecule is CCc1cc(Br)ccc1NC(=O)COC(=O)c1cccc(N2C(=O)[C@@H]3C[C@@H](Cl)[C@@H](Cl)C[C@H]3C2=O)c1. The van der Waals surface area contributed by atoms with Crippen molar-refractivity contribution in [2.75, 3.05) is 16.8 Å². The highest BCUT2D eigenvalue weighted by Gasteiger charge is 2.52. The number of esters is 1. The molecule has 0 spiro atoms. The van der Waals surface area contributed by atoms with Crippen LogP contribution in [0.1, 0.15) is 35.7 Å². The van der Waals surface area contributed by atoms with Gasteiger partial charge in [0.15, 0.2) is 6.61 Å². The van der Waals surface area contributed by atoms with Crippen molar-refractivity contribution in [3.05, 3.63) is 58.1 Å². The van der Waals surface area contributed by atoms with Crippen molar-refractivity contribution in [1.82, 2.24) is 0 Å². The topological polar surface area (TPSA) is 92.8 Å². The predicted molar refractivity (Wildman–Crippen MR) is 137 cm³/mol. The summed E-state index contributed by atoms with van der Waals surface area (Å²) in [7, 11) is 0. The molecule has 1 N–H and O–H groups in total. The zero-order valence-electron chi connectivity index (χ0n) is 18.8. The number of anilines is 2. The standard InChI is InChI=1S/C25H23BrCl2N2O5/c1-2-13-8-15(26)6-7-21(13)29-22(31)12-35-25(34)14-4-3-5-16(9-14)30-23(32)17-10-19(27)20(28)11-18(17)24(30)33/h3-9,17-20H,2,10-12H2,1H3,(H,29,31)/t17-,18-,19-,20+/m1/s1. The Labute approximate surface area is 221 Å². The molecule has 7 nitrogen and oxygen atoms in total. The second kappa shape index (κ2) is 10.7. The lowest BCUT2D eigenvalue weighted by atomic mass is 9.80. The molecule has 1 aliphatic carbocycles. The molecule has 2 aromatic carbocycles. The fraction of sp³-hybridized carbons (Fsp3) is 0.360. The summed E-state index contributed by atoms with van der Waals surface area (Å²) < 4.78 is 6.07. The number of fused-ring (bicyclic) bond motifs is 1. The first-order valence-electron chi connectivity index (χ1n) is 11.2. The molecule has 184 valence electrons. The maximum absolute atomic E-state index is 13.0. The number of rotatable bonds is 6. The Balaban J connectivity index is 1.42. The van der Waals surface area contributed by atoms with Crippen molar-refractivity contribution in [1.29, 1.82) is 0 Å². The van der Waals surface area contributed by atoms with E-state index in [0.29, 0.717) is 24.9 Å². The predicted octanol–water partition coefficient (Wildman–Crippen LogP) is 4.92. The van der Waals surface area contributed by atoms with Gasteiger partial charge in [-0.3, -0.25) is 19.3 Å². The maximum atomic E-state index is 13.0. The molecule has 0 unspecified atom stereocenters. The summed E-state index contributed by atoms with van der Waals surface area (Å²) in [6, 6.07) is 11.5. The second-order valence-electron chi connectivity index (χ2n) is 8.56. The van der Waals surface area contributed by atoms with Crippen LogP contribution in [0.2, 0.25) is 0 Å². The lowest BCUT2D eigenvalue weighted by Crippen LogP contribution is -2.34. The number of carbonyl (C=O) groups excluding carboxylic acids is 4. The van der Waals surface area contributed by atoms with E-state index in [2.05, 4.69) is 21.2 Å². The Hall–Kier alpha value is -2.42. The Kier molecular flexibility index (Phi) is 7.83. The van der Waals surface area contributed by atoms with Crippen LogP contribution < -0.4 is 10.2 Å². The molecule has 10 heteroatoms. The molecule has 4 atom stereocenters. The Morgan fingerprint density at radius 1 is 1.06 bits per heavy atom. The van der Waals surface area contributed by atoms with E-state index in [1.54, 1.807) is 18.2 Å². The van der Waals surface area contributed by atoms with Crippen LogP contribution in [0, 0.1) is 11.8 Å². The summed E-state index contributed by atoms with van der Waals surface area (Å²) in [5.41, 5.74) is 1.97. The van der Waals surface area contributed by atoms with E-state index < -0.39 is 30.3 Å². The van der Waals surface area contributed by atoms with Gasteiger partial charge < -0.3 is 10.1 Å². The van der Waals surface area contributed by atoms with Crippen LogP contribution in [0.25, 0.3) is 0 Å². The quantitative estimate of drug-likeness (QED) is 0.297. The molecule has 0 bridgehead atoms. The van der Waals surface area contributed by atoms with Gasteiger partial charge in [-0.15, -0.1) is 23.2 Å². The number of benzene rings is 2. The zero-order chi connectivity index (χ0) is 25.3. The lowest BCUT2D eigenvalue weighted by molar-refractivity contribution is -0.122. The first-order chi connectivity index (χ1) is 16.7. The van der Waals surface area contributed by atoms with Crippen LogP contribution in [-0.4, -0.2) is 41.1 Å². The van der Waals surface area contributed by atoms with Crippen LogP contribution in [0.5, 0.6) is 0 Å². The maximum Gasteiger partial charge on any atom is 0.338 e. The Morgan fingerprint density at radius 2 is 1.71 bits per heavy atom. The molecule has 2 aliphatic rings. The lowest BCUT2D eigenvalue weighted by Gasteiger charge is -2.28. The van der Waals surface area contributed by atoms with Gasteiger partial charge in [-0.05, 0) is 61.2 Å². The van der Waals surface area contributed by atoms with Gasteiger partial charge in [0.1, 0.15) is 0 Å². The number of imide groups is 1. The van der Waals surface area contributed by atoms with E-state index >= 15 is 0 Å². The number of ether oxygens (including phenoxy) is 1. The molecule has 0 aromatic heterocycles. The molecule has 1 aliphatic heterocycles. The third-order valence-corrected chi connectivity index (χ3v) is 7.90. The van der Waals surface area contributed by atoms with E-state index in [4.69, 9.17) is 27.9 Å². The number of aryl methyl sites for hydroxylation is 1. The highest BCUT2D eigenvalue weighted by atomic mass is 79.9. The first kappa shape index (κ1) is 25.7. The number of carbonyl (C=O) groups is 4. The van der Waals surface area contributed by atoms with Crippen LogP contribution in [-0.2, 0) is 25.5 Å². The number of halogens is 3.